The molecule has 2 N–H and O–H groups in total. The highest BCUT2D eigenvalue weighted by Crippen LogP contribution is 2.39. The number of amides is 1. The fourth-order valence-corrected chi connectivity index (χ4v) is 4.77. The van der Waals surface area contributed by atoms with E-state index in [0.717, 1.165) is 35.6 Å². The first kappa shape index (κ1) is 16.4. The highest BCUT2D eigenvalue weighted by atomic mass is 32.1. The molecular weight excluding hydrogens is 330 g/mol. The number of carbonyl (C=O) groups is 1. The number of nitrogens with one attached hydrogen (secondary N) is 2. The molecule has 0 radical (unpaired) electrons. The zero-order valence-corrected chi connectivity index (χ0v) is 15.4. The Bertz CT molecular complexity index is 810. The van der Waals surface area contributed by atoms with Crippen LogP contribution in [0.25, 0.3) is 6.08 Å². The van der Waals surface area contributed by atoms with E-state index in [0.29, 0.717) is 6.04 Å². The zero-order valence-electron chi connectivity index (χ0n) is 14.6. The molecule has 1 aromatic heterocycles. The van der Waals surface area contributed by atoms with Crippen molar-refractivity contribution < 1.29 is 4.79 Å². The van der Waals surface area contributed by atoms with Gasteiger partial charge in [-0.25, -0.2) is 0 Å². The molecule has 25 heavy (non-hydrogen) atoms. The van der Waals surface area contributed by atoms with Crippen LogP contribution < -0.4 is 10.6 Å². The number of hydrogen-bond donors (Lipinski definition) is 2. The minimum atomic E-state index is -0.165. The highest BCUT2D eigenvalue weighted by molar-refractivity contribution is 7.16. The lowest BCUT2D eigenvalue weighted by Gasteiger charge is -2.30. The van der Waals surface area contributed by atoms with Crippen LogP contribution >= 0.6 is 11.3 Å². The molecule has 4 nitrogen and oxygen atoms in total. The van der Waals surface area contributed by atoms with E-state index in [2.05, 4.69) is 41.5 Å². The summed E-state index contributed by atoms with van der Waals surface area (Å²) in [6, 6.07) is 10.7. The second-order valence-electron chi connectivity index (χ2n) is 6.89. The third kappa shape index (κ3) is 3.22. The molecule has 4 rings (SSSR count). The molecule has 2 aliphatic rings. The Kier molecular flexibility index (Phi) is 4.36. The van der Waals surface area contributed by atoms with Gasteiger partial charge in [0.25, 0.3) is 5.91 Å². The molecule has 1 aromatic carbocycles. The van der Waals surface area contributed by atoms with Gasteiger partial charge in [-0.1, -0.05) is 36.4 Å². The molecule has 0 saturated heterocycles. The Morgan fingerprint density at radius 3 is 2.80 bits per heavy atom. The molecule has 3 heterocycles. The van der Waals surface area contributed by atoms with Gasteiger partial charge >= 0.3 is 0 Å². The molecule has 130 valence electrons. The number of fused-ring (bicyclic) bond motifs is 3. The Morgan fingerprint density at radius 1 is 1.24 bits per heavy atom. The van der Waals surface area contributed by atoms with Crippen molar-refractivity contribution in [3.63, 3.8) is 0 Å². The van der Waals surface area contributed by atoms with E-state index in [4.69, 9.17) is 0 Å². The van der Waals surface area contributed by atoms with Gasteiger partial charge in [-0.15, -0.1) is 11.3 Å². The van der Waals surface area contributed by atoms with Crippen LogP contribution in [0.2, 0.25) is 0 Å². The second-order valence-corrected chi connectivity index (χ2v) is 7.99. The van der Waals surface area contributed by atoms with Gasteiger partial charge in [-0.3, -0.25) is 9.69 Å². The van der Waals surface area contributed by atoms with Crippen LogP contribution in [0.3, 0.4) is 0 Å². The average molecular weight is 353 g/mol. The Labute approximate surface area is 152 Å². The first-order valence-electron chi connectivity index (χ1n) is 8.81. The minimum Gasteiger partial charge on any atom is -0.353 e. The summed E-state index contributed by atoms with van der Waals surface area (Å²) in [5, 5.41) is 7.57. The molecular formula is C20H23N3OS. The van der Waals surface area contributed by atoms with E-state index in [-0.39, 0.29) is 12.1 Å². The monoisotopic (exact) mass is 353 g/mol. The maximum atomic E-state index is 12.7. The zero-order chi connectivity index (χ0) is 17.4. The molecule has 2 aromatic rings. The van der Waals surface area contributed by atoms with E-state index in [1.54, 1.807) is 11.3 Å². The lowest BCUT2D eigenvalue weighted by atomic mass is 10.0. The van der Waals surface area contributed by atoms with Crippen molar-refractivity contribution in [1.82, 2.24) is 10.2 Å². The van der Waals surface area contributed by atoms with Gasteiger partial charge in [0.15, 0.2) is 0 Å². The third-order valence-corrected chi connectivity index (χ3v) is 6.05. The van der Waals surface area contributed by atoms with Crippen molar-refractivity contribution in [3.8, 4) is 0 Å². The van der Waals surface area contributed by atoms with Crippen LogP contribution in [-0.2, 0) is 13.0 Å². The van der Waals surface area contributed by atoms with Gasteiger partial charge in [0.2, 0.25) is 0 Å². The molecule has 0 saturated carbocycles. The number of carbonyl (C=O) groups excluding carboxylic acids is 1. The van der Waals surface area contributed by atoms with Crippen LogP contribution in [-0.4, -0.2) is 29.6 Å². The Balaban J connectivity index is 1.56. The van der Waals surface area contributed by atoms with Gasteiger partial charge in [-0.05, 0) is 37.5 Å². The first-order valence-corrected chi connectivity index (χ1v) is 9.62. The van der Waals surface area contributed by atoms with Gasteiger partial charge in [0, 0.05) is 24.0 Å². The standard InChI is InChI=1S/C20H23N3OS/c1-13(2)23-11-10-15-16(12-23)25-20-18(15)19(24)21-17(22-20)9-8-14-6-4-3-5-7-14/h3-9,13,17,22H,10-12H2,1-2H3,(H,21,24)/b9-8-/t17-/m0/s1. The van der Waals surface area contributed by atoms with E-state index < -0.39 is 0 Å². The number of nitrogens with zero attached hydrogens (tertiary/aromatic N) is 1. The molecule has 0 bridgehead atoms. The van der Waals surface area contributed by atoms with Crippen LogP contribution in [0.4, 0.5) is 5.00 Å². The predicted octanol–water partition coefficient (Wildman–Crippen LogP) is 3.71. The van der Waals surface area contributed by atoms with Gasteiger partial charge < -0.3 is 10.6 Å². The summed E-state index contributed by atoms with van der Waals surface area (Å²) in [4.78, 5) is 16.5. The molecule has 1 atom stereocenters. The lowest BCUT2D eigenvalue weighted by Crippen LogP contribution is -2.43. The predicted molar refractivity (Wildman–Crippen MR) is 104 cm³/mol. The second kappa shape index (κ2) is 6.65. The van der Waals surface area contributed by atoms with Crippen molar-refractivity contribution in [2.24, 2.45) is 0 Å². The van der Waals surface area contributed by atoms with Crippen LogP contribution in [0.15, 0.2) is 36.4 Å². The summed E-state index contributed by atoms with van der Waals surface area (Å²) >= 11 is 1.74. The molecule has 0 aliphatic carbocycles. The maximum Gasteiger partial charge on any atom is 0.256 e. The van der Waals surface area contributed by atoms with Crippen molar-refractivity contribution in [2.45, 2.75) is 39.0 Å². The van der Waals surface area contributed by atoms with Crippen LogP contribution in [0.1, 0.15) is 40.2 Å². The van der Waals surface area contributed by atoms with Gasteiger partial charge in [0.05, 0.1) is 5.56 Å². The summed E-state index contributed by atoms with van der Waals surface area (Å²) in [6.07, 6.45) is 4.84. The van der Waals surface area contributed by atoms with Gasteiger partial charge in [0.1, 0.15) is 11.2 Å². The molecule has 0 fully saturated rings. The normalized spacial score (nSPS) is 20.3. The number of rotatable bonds is 3. The number of anilines is 1. The molecule has 0 unspecified atom stereocenters. The highest BCUT2D eigenvalue weighted by Gasteiger charge is 2.32. The topological polar surface area (TPSA) is 44.4 Å². The number of benzene rings is 1. The van der Waals surface area contributed by atoms with Gasteiger partial charge in [-0.2, -0.15) is 0 Å². The van der Waals surface area contributed by atoms with Crippen LogP contribution in [0, 0.1) is 0 Å². The smallest absolute Gasteiger partial charge is 0.256 e. The van der Waals surface area contributed by atoms with E-state index in [9.17, 15) is 4.79 Å². The van der Waals surface area contributed by atoms with Crippen molar-refractivity contribution in [1.29, 1.82) is 0 Å². The summed E-state index contributed by atoms with van der Waals surface area (Å²) in [7, 11) is 0. The fourth-order valence-electron chi connectivity index (χ4n) is 3.46. The van der Waals surface area contributed by atoms with Crippen LogP contribution in [0.5, 0.6) is 0 Å². The van der Waals surface area contributed by atoms with Crippen molar-refractivity contribution >= 4 is 28.3 Å². The van der Waals surface area contributed by atoms with E-state index in [1.807, 2.05) is 30.4 Å². The first-order chi connectivity index (χ1) is 12.1. The molecule has 2 aliphatic heterocycles. The Morgan fingerprint density at radius 2 is 2.04 bits per heavy atom. The SMILES string of the molecule is CC(C)N1CCc2c(sc3c2C(=O)N[C@H](/C=C\c2ccccc2)N3)C1. The number of thiophene rings is 1. The minimum absolute atomic E-state index is 0.0481. The maximum absolute atomic E-state index is 12.7. The molecule has 0 spiro atoms. The summed E-state index contributed by atoms with van der Waals surface area (Å²) in [6.45, 7) is 6.43. The van der Waals surface area contributed by atoms with E-state index in [1.165, 1.54) is 10.4 Å². The summed E-state index contributed by atoms with van der Waals surface area (Å²) < 4.78 is 0. The molecule has 5 heteroatoms. The Hall–Kier alpha value is -2.11. The average Bonchev–Trinajstić information content (AvgIpc) is 2.98. The van der Waals surface area contributed by atoms with E-state index >= 15 is 0 Å². The summed E-state index contributed by atoms with van der Waals surface area (Å²) in [5.41, 5.74) is 3.24. The van der Waals surface area contributed by atoms with Crippen molar-refractivity contribution in [2.75, 3.05) is 11.9 Å². The third-order valence-electron chi connectivity index (χ3n) is 4.90. The quantitative estimate of drug-likeness (QED) is 0.884. The largest absolute Gasteiger partial charge is 0.353 e. The fraction of sp³-hybridized carbons (Fsp3) is 0.350. The lowest BCUT2D eigenvalue weighted by molar-refractivity contribution is 0.0942. The molecule has 1 amide bonds. The van der Waals surface area contributed by atoms with Crippen molar-refractivity contribution in [3.05, 3.63) is 58.0 Å². The number of hydrogen-bond acceptors (Lipinski definition) is 4. The summed E-state index contributed by atoms with van der Waals surface area (Å²) in [5.74, 6) is 0.0481.